The molecule has 0 aliphatic heterocycles. The van der Waals surface area contributed by atoms with Gasteiger partial charge in [-0.1, -0.05) is 48.5 Å². The lowest BCUT2D eigenvalue weighted by atomic mass is 9.72. The van der Waals surface area contributed by atoms with Crippen LogP contribution < -0.4 is 5.32 Å². The quantitative estimate of drug-likeness (QED) is 0.673. The van der Waals surface area contributed by atoms with Crippen LogP contribution in [-0.2, 0) is 0 Å². The highest BCUT2D eigenvalue weighted by Gasteiger charge is 2.33. The maximum atomic E-state index is 3.56. The van der Waals surface area contributed by atoms with E-state index in [2.05, 4.69) is 53.8 Å². The molecule has 1 nitrogen and oxygen atoms in total. The number of nitrogens with one attached hydrogen (secondary N) is 1. The van der Waals surface area contributed by atoms with E-state index >= 15 is 0 Å². The van der Waals surface area contributed by atoms with E-state index in [1.54, 1.807) is 0 Å². The first-order valence-corrected chi connectivity index (χ1v) is 4.93. The molecule has 0 spiro atoms. The minimum absolute atomic E-state index is 0.342. The molecule has 0 atom stereocenters. The first-order chi connectivity index (χ1) is 5.19. The summed E-state index contributed by atoms with van der Waals surface area (Å²) in [6, 6.07) is 0.579. The third kappa shape index (κ3) is 3.57. The third-order valence-electron chi connectivity index (χ3n) is 2.14. The fourth-order valence-corrected chi connectivity index (χ4v) is 2.12. The summed E-state index contributed by atoms with van der Waals surface area (Å²) in [6.07, 6.45) is 0. The zero-order valence-corrected chi connectivity index (χ0v) is 9.78. The van der Waals surface area contributed by atoms with Crippen molar-refractivity contribution in [1.29, 1.82) is 0 Å². The summed E-state index contributed by atoms with van der Waals surface area (Å²) < 4.78 is 0. The summed E-state index contributed by atoms with van der Waals surface area (Å²) in [5.74, 6) is 0. The predicted molar refractivity (Wildman–Crippen MR) is 56.4 cm³/mol. The maximum absolute atomic E-state index is 3.56. The van der Waals surface area contributed by atoms with Gasteiger partial charge in [0.15, 0.2) is 0 Å². The fraction of sp³-hybridized carbons (Fsp3) is 1.00. The van der Waals surface area contributed by atoms with Gasteiger partial charge in [-0.25, -0.2) is 0 Å². The molecule has 0 radical (unpaired) electrons. The average Bonchev–Trinajstić information content (AvgIpc) is 1.77. The van der Waals surface area contributed by atoms with Crippen LogP contribution in [0.4, 0.5) is 0 Å². The molecule has 0 bridgehead atoms. The Kier molecular flexibility index (Phi) is 3.77. The van der Waals surface area contributed by atoms with Gasteiger partial charge in [-0.2, -0.15) is 0 Å². The van der Waals surface area contributed by atoms with Crippen molar-refractivity contribution >= 4 is 0 Å². The monoisotopic (exact) mass is 171 g/mol. The minimum Gasteiger partial charge on any atom is -0.313 e. The van der Waals surface area contributed by atoms with Gasteiger partial charge in [-0.15, -0.1) is 0 Å². The molecule has 0 unspecified atom stereocenters. The van der Waals surface area contributed by atoms with Crippen LogP contribution in [0.5, 0.6) is 0 Å². The Morgan fingerprint density at radius 3 is 1.33 bits per heavy atom. The SMILES string of the molecule is CCNC(C(C)(C)C)C(C)(C)C. The van der Waals surface area contributed by atoms with E-state index < -0.39 is 0 Å². The van der Waals surface area contributed by atoms with E-state index in [-0.39, 0.29) is 0 Å². The molecule has 0 heterocycles. The Balaban J connectivity index is 4.45. The second-order valence-corrected chi connectivity index (χ2v) is 5.72. The van der Waals surface area contributed by atoms with Crippen LogP contribution >= 0.6 is 0 Å². The van der Waals surface area contributed by atoms with Crippen molar-refractivity contribution in [2.45, 2.75) is 54.5 Å². The normalized spacial score (nSPS) is 14.0. The van der Waals surface area contributed by atoms with Gasteiger partial charge in [0.1, 0.15) is 0 Å². The van der Waals surface area contributed by atoms with Gasteiger partial charge in [0, 0.05) is 6.04 Å². The van der Waals surface area contributed by atoms with Gasteiger partial charge < -0.3 is 5.32 Å². The highest BCUT2D eigenvalue weighted by atomic mass is 14.9. The second kappa shape index (κ2) is 3.78. The molecule has 0 aromatic carbocycles. The number of hydrogen-bond acceptors (Lipinski definition) is 1. The Labute approximate surface area is 77.9 Å². The van der Waals surface area contributed by atoms with Gasteiger partial charge in [0.05, 0.1) is 0 Å². The Morgan fingerprint density at radius 1 is 0.917 bits per heavy atom. The fourth-order valence-electron chi connectivity index (χ4n) is 2.12. The van der Waals surface area contributed by atoms with Crippen molar-refractivity contribution in [1.82, 2.24) is 5.32 Å². The van der Waals surface area contributed by atoms with E-state index in [9.17, 15) is 0 Å². The molecule has 1 N–H and O–H groups in total. The summed E-state index contributed by atoms with van der Waals surface area (Å²) in [5.41, 5.74) is 0.683. The molecule has 0 fully saturated rings. The van der Waals surface area contributed by atoms with Gasteiger partial charge in [0.25, 0.3) is 0 Å². The Bertz CT molecular complexity index is 111. The largest absolute Gasteiger partial charge is 0.313 e. The molecule has 0 aromatic heterocycles. The number of hydrogen-bond donors (Lipinski definition) is 1. The van der Waals surface area contributed by atoms with E-state index in [1.165, 1.54) is 0 Å². The molecule has 0 aromatic rings. The minimum atomic E-state index is 0.342. The lowest BCUT2D eigenvalue weighted by Crippen LogP contribution is -2.49. The van der Waals surface area contributed by atoms with Crippen LogP contribution in [0.25, 0.3) is 0 Å². The van der Waals surface area contributed by atoms with Gasteiger partial charge >= 0.3 is 0 Å². The van der Waals surface area contributed by atoms with E-state index in [0.717, 1.165) is 6.54 Å². The first-order valence-electron chi connectivity index (χ1n) is 4.93. The summed E-state index contributed by atoms with van der Waals surface area (Å²) in [6.45, 7) is 17.0. The summed E-state index contributed by atoms with van der Waals surface area (Å²) >= 11 is 0. The van der Waals surface area contributed by atoms with Crippen molar-refractivity contribution in [3.05, 3.63) is 0 Å². The molecule has 0 saturated heterocycles. The molecule has 74 valence electrons. The van der Waals surface area contributed by atoms with Gasteiger partial charge in [0.2, 0.25) is 0 Å². The van der Waals surface area contributed by atoms with Crippen LogP contribution in [-0.4, -0.2) is 12.6 Å². The summed E-state index contributed by atoms with van der Waals surface area (Å²) in [4.78, 5) is 0. The Morgan fingerprint density at radius 2 is 1.25 bits per heavy atom. The topological polar surface area (TPSA) is 12.0 Å². The van der Waals surface area contributed by atoms with E-state index in [1.807, 2.05) is 0 Å². The van der Waals surface area contributed by atoms with Crippen LogP contribution in [0, 0.1) is 10.8 Å². The van der Waals surface area contributed by atoms with E-state index in [0.29, 0.717) is 16.9 Å². The van der Waals surface area contributed by atoms with Crippen molar-refractivity contribution < 1.29 is 0 Å². The lowest BCUT2D eigenvalue weighted by molar-refractivity contribution is 0.142. The Hall–Kier alpha value is -0.0400. The summed E-state index contributed by atoms with van der Waals surface area (Å²) in [5, 5.41) is 3.56. The first kappa shape index (κ1) is 12.0. The highest BCUT2D eigenvalue weighted by Crippen LogP contribution is 2.32. The zero-order valence-electron chi connectivity index (χ0n) is 9.78. The molecule has 0 aliphatic carbocycles. The number of rotatable bonds is 2. The van der Waals surface area contributed by atoms with Crippen LogP contribution in [0.15, 0.2) is 0 Å². The molecule has 0 saturated carbocycles. The van der Waals surface area contributed by atoms with Crippen LogP contribution in [0.3, 0.4) is 0 Å². The zero-order chi connectivity index (χ0) is 9.99. The van der Waals surface area contributed by atoms with Crippen molar-refractivity contribution in [3.63, 3.8) is 0 Å². The summed E-state index contributed by atoms with van der Waals surface area (Å²) in [7, 11) is 0. The predicted octanol–water partition coefficient (Wildman–Crippen LogP) is 3.06. The van der Waals surface area contributed by atoms with E-state index in [4.69, 9.17) is 0 Å². The molecule has 0 amide bonds. The highest BCUT2D eigenvalue weighted by molar-refractivity contribution is 4.89. The molecule has 0 aliphatic rings. The third-order valence-corrected chi connectivity index (χ3v) is 2.14. The lowest BCUT2D eigenvalue weighted by Gasteiger charge is -2.41. The standard InChI is InChI=1S/C11H25N/c1-8-12-9(10(2,3)4)11(5,6)7/h9,12H,8H2,1-7H3. The maximum Gasteiger partial charge on any atom is 0.0164 e. The second-order valence-electron chi connectivity index (χ2n) is 5.72. The van der Waals surface area contributed by atoms with Gasteiger partial charge in [-0.05, 0) is 17.4 Å². The molecule has 12 heavy (non-hydrogen) atoms. The van der Waals surface area contributed by atoms with Crippen molar-refractivity contribution in [3.8, 4) is 0 Å². The molecular weight excluding hydrogens is 146 g/mol. The van der Waals surface area contributed by atoms with Crippen molar-refractivity contribution in [2.24, 2.45) is 10.8 Å². The average molecular weight is 171 g/mol. The van der Waals surface area contributed by atoms with Crippen LogP contribution in [0.1, 0.15) is 48.5 Å². The van der Waals surface area contributed by atoms with Gasteiger partial charge in [-0.3, -0.25) is 0 Å². The smallest absolute Gasteiger partial charge is 0.0164 e. The molecule has 0 rings (SSSR count). The molecule has 1 heteroatoms. The van der Waals surface area contributed by atoms with Crippen molar-refractivity contribution in [2.75, 3.05) is 6.54 Å². The molecular formula is C11H25N. The van der Waals surface area contributed by atoms with Crippen LogP contribution in [0.2, 0.25) is 0 Å².